The number of carbonyl (C=O) groups is 4. The second kappa shape index (κ2) is 23.5. The first kappa shape index (κ1) is 46.8. The van der Waals surface area contributed by atoms with Crippen LogP contribution in [0, 0.1) is 23.7 Å². The highest BCUT2D eigenvalue weighted by molar-refractivity contribution is 7.09. The summed E-state index contributed by atoms with van der Waals surface area (Å²) < 4.78 is 6.43. The number of ether oxygens (including phenoxy) is 1. The van der Waals surface area contributed by atoms with Crippen molar-refractivity contribution in [2.75, 3.05) is 27.2 Å². The zero-order valence-corrected chi connectivity index (χ0v) is 35.6. The van der Waals surface area contributed by atoms with Gasteiger partial charge in [-0.2, -0.15) is 0 Å². The summed E-state index contributed by atoms with van der Waals surface area (Å²) in [5.74, 6) is -2.03. The topological polar surface area (TPSA) is 141 Å². The summed E-state index contributed by atoms with van der Waals surface area (Å²) in [7, 11) is 3.81. The molecule has 12 heteroatoms. The van der Waals surface area contributed by atoms with Crippen LogP contribution in [0.3, 0.4) is 0 Å². The third-order valence-electron chi connectivity index (χ3n) is 10.4. The van der Waals surface area contributed by atoms with E-state index in [1.54, 1.807) is 12.3 Å². The molecule has 8 atom stereocenters. The third-order valence-corrected chi connectivity index (χ3v) is 11.4. The van der Waals surface area contributed by atoms with E-state index < -0.39 is 30.1 Å². The van der Waals surface area contributed by atoms with Gasteiger partial charge >= 0.3 is 5.97 Å². The van der Waals surface area contributed by atoms with Crippen molar-refractivity contribution in [3.63, 3.8) is 0 Å². The molecular weight excluding hydrogens is 703 g/mol. The van der Waals surface area contributed by atoms with Crippen LogP contribution in [0.25, 0.3) is 0 Å². The van der Waals surface area contributed by atoms with Gasteiger partial charge in [0.2, 0.25) is 11.8 Å². The number of aliphatic carboxylic acids is 1. The molecule has 3 amide bonds. The zero-order valence-electron chi connectivity index (χ0n) is 34.8. The predicted octanol–water partition coefficient (Wildman–Crippen LogP) is 7.22. The number of hydrogen-bond donors (Lipinski definition) is 3. The molecule has 2 rings (SSSR count). The van der Waals surface area contributed by atoms with Gasteiger partial charge in [0.05, 0.1) is 12.0 Å². The van der Waals surface area contributed by atoms with Crippen molar-refractivity contribution in [1.29, 1.82) is 0 Å². The maximum Gasteiger partial charge on any atom is 0.306 e. The Morgan fingerprint density at radius 3 is 2.07 bits per heavy atom. The summed E-state index contributed by atoms with van der Waals surface area (Å²) in [5.41, 5.74) is 1.25. The second-order valence-electron chi connectivity index (χ2n) is 15.5. The lowest BCUT2D eigenvalue weighted by Crippen LogP contribution is -2.59. The average Bonchev–Trinajstić information content (AvgIpc) is 3.63. The quantitative estimate of drug-likeness (QED) is 0.0962. The SMILES string of the molecule is CCCO[C@H](C[C@H](C(C)C)N(CCC)C(=O)[C@@H](NC(=O)[C@H]([C@@H](C)CC)N(C)C)[C@@H](C)CC)c1nc(C(=O)N[C@@H](Cc2ccccc2)C[C@H](C)C(=O)O)cs1. The van der Waals surface area contributed by atoms with Gasteiger partial charge in [0.15, 0.2) is 0 Å². The van der Waals surface area contributed by atoms with E-state index in [1.807, 2.05) is 75.0 Å². The van der Waals surface area contributed by atoms with Crippen LogP contribution in [0.2, 0.25) is 0 Å². The Labute approximate surface area is 329 Å². The average molecular weight is 772 g/mol. The van der Waals surface area contributed by atoms with Crippen molar-refractivity contribution >= 4 is 35.0 Å². The van der Waals surface area contributed by atoms with Gasteiger partial charge in [0, 0.05) is 37.0 Å². The molecule has 0 saturated heterocycles. The first-order chi connectivity index (χ1) is 25.6. The van der Waals surface area contributed by atoms with Gasteiger partial charge in [-0.1, -0.05) is 105 Å². The first-order valence-corrected chi connectivity index (χ1v) is 20.9. The van der Waals surface area contributed by atoms with E-state index in [-0.39, 0.29) is 59.7 Å². The molecule has 1 aromatic carbocycles. The first-order valence-electron chi connectivity index (χ1n) is 20.0. The van der Waals surface area contributed by atoms with Crippen molar-refractivity contribution < 1.29 is 29.0 Å². The monoisotopic (exact) mass is 771 g/mol. The van der Waals surface area contributed by atoms with Crippen molar-refractivity contribution in [1.82, 2.24) is 25.4 Å². The van der Waals surface area contributed by atoms with Gasteiger partial charge in [-0.05, 0) is 63.1 Å². The van der Waals surface area contributed by atoms with Gasteiger partial charge in [0.25, 0.3) is 5.91 Å². The molecule has 0 saturated carbocycles. The smallest absolute Gasteiger partial charge is 0.306 e. The number of rotatable bonds is 25. The van der Waals surface area contributed by atoms with Crippen molar-refractivity contribution in [3.8, 4) is 0 Å². The molecule has 0 aliphatic rings. The highest BCUT2D eigenvalue weighted by atomic mass is 32.1. The molecule has 2 aromatic rings. The Kier molecular flexibility index (Phi) is 20.4. The molecule has 0 fully saturated rings. The summed E-state index contributed by atoms with van der Waals surface area (Å²) in [6, 6.07) is 8.03. The van der Waals surface area contributed by atoms with Crippen LogP contribution in [-0.4, -0.2) is 95.0 Å². The Morgan fingerprint density at radius 2 is 1.54 bits per heavy atom. The molecular formula is C42H69N5O6S. The van der Waals surface area contributed by atoms with E-state index in [2.05, 4.69) is 45.3 Å². The largest absolute Gasteiger partial charge is 0.481 e. The highest BCUT2D eigenvalue weighted by Gasteiger charge is 2.38. The van der Waals surface area contributed by atoms with Gasteiger partial charge in [-0.25, -0.2) is 4.98 Å². The number of nitrogens with zero attached hydrogens (tertiary/aromatic N) is 3. The number of amides is 3. The molecule has 11 nitrogen and oxygen atoms in total. The molecule has 3 N–H and O–H groups in total. The highest BCUT2D eigenvalue weighted by Crippen LogP contribution is 2.32. The van der Waals surface area contributed by atoms with E-state index >= 15 is 0 Å². The summed E-state index contributed by atoms with van der Waals surface area (Å²) >= 11 is 1.35. The van der Waals surface area contributed by atoms with E-state index in [0.29, 0.717) is 31.0 Å². The van der Waals surface area contributed by atoms with E-state index in [4.69, 9.17) is 9.72 Å². The van der Waals surface area contributed by atoms with Crippen LogP contribution < -0.4 is 10.6 Å². The Balaban J connectivity index is 2.42. The zero-order chi connectivity index (χ0) is 40.5. The van der Waals surface area contributed by atoms with Crippen LogP contribution in [-0.2, 0) is 25.5 Å². The van der Waals surface area contributed by atoms with Crippen molar-refractivity contribution in [3.05, 3.63) is 52.0 Å². The number of benzene rings is 1. The van der Waals surface area contributed by atoms with Crippen LogP contribution in [0.15, 0.2) is 35.7 Å². The molecule has 0 unspecified atom stereocenters. The summed E-state index contributed by atoms with van der Waals surface area (Å²) in [4.78, 5) is 62.4. The Morgan fingerprint density at radius 1 is 0.889 bits per heavy atom. The Hall–Kier alpha value is -3.35. The van der Waals surface area contributed by atoms with Gasteiger partial charge in [-0.15, -0.1) is 11.3 Å². The number of carbonyl (C=O) groups excluding carboxylic acids is 3. The van der Waals surface area contributed by atoms with Crippen molar-refractivity contribution in [2.45, 2.75) is 138 Å². The molecule has 1 heterocycles. The summed E-state index contributed by atoms with van der Waals surface area (Å²) in [6.07, 6.45) is 3.87. The predicted molar refractivity (Wildman–Crippen MR) is 217 cm³/mol. The molecule has 54 heavy (non-hydrogen) atoms. The van der Waals surface area contributed by atoms with Crippen LogP contribution in [0.4, 0.5) is 0 Å². The number of hydrogen-bond acceptors (Lipinski definition) is 8. The van der Waals surface area contributed by atoms with E-state index in [1.165, 1.54) is 11.3 Å². The van der Waals surface area contributed by atoms with Crippen molar-refractivity contribution in [2.24, 2.45) is 23.7 Å². The van der Waals surface area contributed by atoms with E-state index in [0.717, 1.165) is 31.2 Å². The maximum absolute atomic E-state index is 14.7. The Bertz CT molecular complexity index is 1440. The molecule has 0 bridgehead atoms. The fourth-order valence-electron chi connectivity index (χ4n) is 6.90. The molecule has 0 aliphatic heterocycles. The normalized spacial score (nSPS) is 16.2. The van der Waals surface area contributed by atoms with Gasteiger partial charge < -0.3 is 25.4 Å². The standard InChI is InChI=1S/C42H69N5O6S/c1-12-21-47(41(50)36(28(7)14-3)45-39(49)37(46(10)11)29(8)15-4)34(27(5)6)25-35(53-22-13-2)40-44-33(26-54-40)38(48)43-32(23-30(9)42(51)52)24-31-19-17-16-18-20-31/h16-20,26-30,32,34-37H,12-15,21-25H2,1-11H3,(H,43,48)(H,45,49)(H,51,52)/t28-,29-,30-,32+,34+,35+,36-,37-/m0/s1. The number of thiazole rings is 1. The minimum absolute atomic E-state index is 0.0637. The molecule has 304 valence electrons. The lowest BCUT2D eigenvalue weighted by Gasteiger charge is -2.40. The maximum atomic E-state index is 14.7. The van der Waals surface area contributed by atoms with Crippen LogP contribution in [0.1, 0.15) is 128 Å². The lowest BCUT2D eigenvalue weighted by atomic mass is 9.91. The summed E-state index contributed by atoms with van der Waals surface area (Å²) in [5, 5.41) is 18.2. The fraction of sp³-hybridized carbons (Fsp3) is 0.690. The minimum atomic E-state index is -0.911. The number of likely N-dealkylation sites (N-methyl/N-ethyl adjacent to an activating group) is 1. The summed E-state index contributed by atoms with van der Waals surface area (Å²) in [6.45, 7) is 19.2. The van der Waals surface area contributed by atoms with Crippen LogP contribution in [0.5, 0.6) is 0 Å². The third kappa shape index (κ3) is 14.1. The number of aromatic nitrogens is 1. The fourth-order valence-corrected chi connectivity index (χ4v) is 7.76. The van der Waals surface area contributed by atoms with Gasteiger partial charge in [0.1, 0.15) is 22.8 Å². The van der Waals surface area contributed by atoms with Gasteiger partial charge in [-0.3, -0.25) is 24.1 Å². The number of nitrogens with one attached hydrogen (secondary N) is 2. The minimum Gasteiger partial charge on any atom is -0.481 e. The van der Waals surface area contributed by atoms with Crippen LogP contribution >= 0.6 is 11.3 Å². The molecule has 0 aliphatic carbocycles. The molecule has 0 spiro atoms. The number of carboxylic acid groups (broad SMARTS) is 1. The lowest BCUT2D eigenvalue weighted by molar-refractivity contribution is -0.143. The molecule has 0 radical (unpaired) electrons. The second-order valence-corrected chi connectivity index (χ2v) is 16.4. The number of carboxylic acids is 1. The van der Waals surface area contributed by atoms with E-state index in [9.17, 15) is 24.3 Å². The molecule has 1 aromatic heterocycles.